The van der Waals surface area contributed by atoms with Gasteiger partial charge in [0.15, 0.2) is 0 Å². The van der Waals surface area contributed by atoms with E-state index >= 15 is 0 Å². The van der Waals surface area contributed by atoms with Gasteiger partial charge >= 0.3 is 0 Å². The number of nitrogens with zero attached hydrogens (tertiary/aromatic N) is 1. The summed E-state index contributed by atoms with van der Waals surface area (Å²) in [6.45, 7) is 3.63. The van der Waals surface area contributed by atoms with Gasteiger partial charge in [-0.1, -0.05) is 17.7 Å². The Bertz CT molecular complexity index is 403. The first-order valence-electron chi connectivity index (χ1n) is 6.42. The van der Waals surface area contributed by atoms with Crippen molar-refractivity contribution in [3.05, 3.63) is 28.8 Å². The lowest BCUT2D eigenvalue weighted by Crippen LogP contribution is -2.32. The molecule has 2 unspecified atom stereocenters. The normalized spacial score (nSPS) is 21.0. The molecule has 4 heteroatoms. The van der Waals surface area contributed by atoms with Crippen molar-refractivity contribution in [3.8, 4) is 0 Å². The highest BCUT2D eigenvalue weighted by Crippen LogP contribution is 2.29. The van der Waals surface area contributed by atoms with Crippen LogP contribution in [0.1, 0.15) is 18.9 Å². The van der Waals surface area contributed by atoms with E-state index in [1.165, 1.54) is 5.56 Å². The van der Waals surface area contributed by atoms with Crippen LogP contribution in [0.25, 0.3) is 0 Å². The first-order valence-corrected chi connectivity index (χ1v) is 6.80. The minimum atomic E-state index is 0.160. The fourth-order valence-corrected chi connectivity index (χ4v) is 2.70. The molecule has 3 nitrogen and oxygen atoms in total. The Hall–Kier alpha value is -0.770. The van der Waals surface area contributed by atoms with Gasteiger partial charge in [-0.15, -0.1) is 0 Å². The molecular weight excluding hydrogens is 248 g/mol. The molecule has 2 N–H and O–H groups in total. The summed E-state index contributed by atoms with van der Waals surface area (Å²) in [6.07, 6.45) is 1.92. The first kappa shape index (κ1) is 13.7. The van der Waals surface area contributed by atoms with Crippen LogP contribution < -0.4 is 10.6 Å². The Morgan fingerprint density at radius 3 is 2.89 bits per heavy atom. The third kappa shape index (κ3) is 3.16. The third-order valence-corrected chi connectivity index (χ3v) is 3.71. The van der Waals surface area contributed by atoms with Gasteiger partial charge in [-0.25, -0.2) is 0 Å². The molecule has 2 rings (SSSR count). The molecule has 0 saturated carbocycles. The maximum absolute atomic E-state index is 6.36. The molecule has 0 bridgehead atoms. The van der Waals surface area contributed by atoms with Gasteiger partial charge in [0.1, 0.15) is 0 Å². The topological polar surface area (TPSA) is 38.5 Å². The smallest absolute Gasteiger partial charge is 0.0670 e. The van der Waals surface area contributed by atoms with E-state index in [0.29, 0.717) is 6.04 Å². The number of anilines is 1. The lowest BCUT2D eigenvalue weighted by Gasteiger charge is -2.26. The number of likely N-dealkylation sites (N-methyl/N-ethyl adjacent to an activating group) is 1. The van der Waals surface area contributed by atoms with Crippen molar-refractivity contribution >= 4 is 17.3 Å². The summed E-state index contributed by atoms with van der Waals surface area (Å²) in [5, 5.41) is 0.794. The standard InChI is InChI=1S/C14H21ClN2O/c1-10(16)7-11-3-4-14(13(15)8-11)17(2)12-5-6-18-9-12/h3-4,8,10,12H,5-7,9,16H2,1-2H3. The second-order valence-corrected chi connectivity index (χ2v) is 5.50. The number of ether oxygens (including phenoxy) is 1. The van der Waals surface area contributed by atoms with Gasteiger partial charge in [0.25, 0.3) is 0 Å². The average Bonchev–Trinajstić information content (AvgIpc) is 2.80. The monoisotopic (exact) mass is 268 g/mol. The molecular formula is C14H21ClN2O. The first-order chi connectivity index (χ1) is 8.58. The largest absolute Gasteiger partial charge is 0.379 e. The van der Waals surface area contributed by atoms with Crippen LogP contribution in [0.2, 0.25) is 5.02 Å². The minimum absolute atomic E-state index is 0.160. The number of benzene rings is 1. The summed E-state index contributed by atoms with van der Waals surface area (Å²) >= 11 is 6.36. The van der Waals surface area contributed by atoms with Crippen LogP contribution in [0.3, 0.4) is 0 Å². The molecule has 1 heterocycles. The summed E-state index contributed by atoms with van der Waals surface area (Å²) < 4.78 is 5.41. The zero-order chi connectivity index (χ0) is 13.1. The SMILES string of the molecule is CC(N)Cc1ccc(N(C)C2CCOC2)c(Cl)c1. The maximum Gasteiger partial charge on any atom is 0.0670 e. The summed E-state index contributed by atoms with van der Waals surface area (Å²) in [6, 6.07) is 6.80. The fraction of sp³-hybridized carbons (Fsp3) is 0.571. The van der Waals surface area contributed by atoms with Gasteiger partial charge in [-0.2, -0.15) is 0 Å². The van der Waals surface area contributed by atoms with Crippen LogP contribution in [-0.2, 0) is 11.2 Å². The van der Waals surface area contributed by atoms with E-state index in [2.05, 4.69) is 24.1 Å². The Morgan fingerprint density at radius 2 is 2.33 bits per heavy atom. The minimum Gasteiger partial charge on any atom is -0.379 e. The highest BCUT2D eigenvalue weighted by Gasteiger charge is 2.22. The number of hydrogen-bond acceptors (Lipinski definition) is 3. The van der Waals surface area contributed by atoms with Gasteiger partial charge in [-0.05, 0) is 37.5 Å². The third-order valence-electron chi connectivity index (χ3n) is 3.40. The molecule has 0 aliphatic carbocycles. The Kier molecular flexibility index (Phi) is 4.49. The van der Waals surface area contributed by atoms with E-state index in [0.717, 1.165) is 36.8 Å². The molecule has 1 aromatic carbocycles. The van der Waals surface area contributed by atoms with Crippen molar-refractivity contribution in [2.75, 3.05) is 25.2 Å². The molecule has 0 spiro atoms. The van der Waals surface area contributed by atoms with Crippen molar-refractivity contribution < 1.29 is 4.74 Å². The Labute approximate surface area is 114 Å². The van der Waals surface area contributed by atoms with Gasteiger partial charge in [-0.3, -0.25) is 0 Å². The molecule has 0 aromatic heterocycles. The average molecular weight is 269 g/mol. The number of rotatable bonds is 4. The number of halogens is 1. The molecule has 0 amide bonds. The van der Waals surface area contributed by atoms with E-state index in [-0.39, 0.29) is 6.04 Å². The summed E-state index contributed by atoms with van der Waals surface area (Å²) in [4.78, 5) is 2.21. The molecule has 2 atom stereocenters. The van der Waals surface area contributed by atoms with Crippen LogP contribution >= 0.6 is 11.6 Å². The molecule has 1 saturated heterocycles. The van der Waals surface area contributed by atoms with Crippen LogP contribution in [0.4, 0.5) is 5.69 Å². The summed E-state index contributed by atoms with van der Waals surface area (Å²) in [5.74, 6) is 0. The van der Waals surface area contributed by atoms with Gasteiger partial charge in [0, 0.05) is 19.7 Å². The predicted molar refractivity (Wildman–Crippen MR) is 76.4 cm³/mol. The van der Waals surface area contributed by atoms with Gasteiger partial charge in [0.2, 0.25) is 0 Å². The van der Waals surface area contributed by atoms with Crippen molar-refractivity contribution in [2.45, 2.75) is 31.8 Å². The second kappa shape index (κ2) is 5.91. The predicted octanol–water partition coefficient (Wildman–Crippen LogP) is 2.45. The van der Waals surface area contributed by atoms with Crippen molar-refractivity contribution in [1.82, 2.24) is 0 Å². The van der Waals surface area contributed by atoms with Gasteiger partial charge < -0.3 is 15.4 Å². The van der Waals surface area contributed by atoms with Crippen molar-refractivity contribution in [2.24, 2.45) is 5.73 Å². The summed E-state index contributed by atoms with van der Waals surface area (Å²) in [5.41, 5.74) is 8.06. The van der Waals surface area contributed by atoms with Crippen LogP contribution in [0.15, 0.2) is 18.2 Å². The second-order valence-electron chi connectivity index (χ2n) is 5.10. The Morgan fingerprint density at radius 1 is 1.56 bits per heavy atom. The van der Waals surface area contributed by atoms with Crippen LogP contribution in [0.5, 0.6) is 0 Å². The zero-order valence-corrected chi connectivity index (χ0v) is 11.8. The Balaban J connectivity index is 2.13. The molecule has 18 heavy (non-hydrogen) atoms. The highest BCUT2D eigenvalue weighted by atomic mass is 35.5. The number of hydrogen-bond donors (Lipinski definition) is 1. The molecule has 1 aliphatic heterocycles. The van der Waals surface area contributed by atoms with Gasteiger partial charge in [0.05, 0.1) is 23.4 Å². The van der Waals surface area contributed by atoms with Crippen molar-refractivity contribution in [3.63, 3.8) is 0 Å². The molecule has 100 valence electrons. The van der Waals surface area contributed by atoms with E-state index in [4.69, 9.17) is 22.1 Å². The fourth-order valence-electron chi connectivity index (χ4n) is 2.36. The number of nitrogens with two attached hydrogens (primary N) is 1. The van der Waals surface area contributed by atoms with Crippen LogP contribution in [-0.4, -0.2) is 32.3 Å². The maximum atomic E-state index is 6.36. The molecule has 1 fully saturated rings. The molecule has 0 radical (unpaired) electrons. The quantitative estimate of drug-likeness (QED) is 0.912. The summed E-state index contributed by atoms with van der Waals surface area (Å²) in [7, 11) is 2.08. The lowest BCUT2D eigenvalue weighted by molar-refractivity contribution is 0.193. The van der Waals surface area contributed by atoms with Crippen LogP contribution in [0, 0.1) is 0 Å². The molecule has 1 aromatic rings. The van der Waals surface area contributed by atoms with E-state index in [1.54, 1.807) is 0 Å². The highest BCUT2D eigenvalue weighted by molar-refractivity contribution is 6.33. The van der Waals surface area contributed by atoms with Crippen molar-refractivity contribution in [1.29, 1.82) is 0 Å². The molecule has 1 aliphatic rings. The van der Waals surface area contributed by atoms with E-state index in [9.17, 15) is 0 Å². The van der Waals surface area contributed by atoms with E-state index < -0.39 is 0 Å². The lowest BCUT2D eigenvalue weighted by atomic mass is 10.1. The zero-order valence-electron chi connectivity index (χ0n) is 11.0. The van der Waals surface area contributed by atoms with E-state index in [1.807, 2.05) is 13.0 Å².